The molecule has 3 heterocycles. The van der Waals surface area contributed by atoms with Gasteiger partial charge in [0.1, 0.15) is 0 Å². The summed E-state index contributed by atoms with van der Waals surface area (Å²) in [5.41, 5.74) is 1.22. The molecule has 0 N–H and O–H groups in total. The number of carbonyl (C=O) groups is 2. The number of thiophene rings is 1. The number of amides is 2. The van der Waals surface area contributed by atoms with Crippen molar-refractivity contribution in [3.05, 3.63) is 21.4 Å². The Kier molecular flexibility index (Phi) is 6.88. The zero-order valence-corrected chi connectivity index (χ0v) is 18.3. The lowest BCUT2D eigenvalue weighted by Crippen LogP contribution is -2.51. The van der Waals surface area contributed by atoms with Gasteiger partial charge in [0.15, 0.2) is 0 Å². The second kappa shape index (κ2) is 9.58. The number of piperazine rings is 1. The van der Waals surface area contributed by atoms with Crippen LogP contribution in [0.25, 0.3) is 0 Å². The Bertz CT molecular complexity index is 721. The van der Waals surface area contributed by atoms with Gasteiger partial charge in [-0.15, -0.1) is 11.3 Å². The Labute approximate surface area is 177 Å². The summed E-state index contributed by atoms with van der Waals surface area (Å²) in [7, 11) is 0. The highest BCUT2D eigenvalue weighted by Crippen LogP contribution is 2.34. The van der Waals surface area contributed by atoms with Crippen molar-refractivity contribution in [1.29, 1.82) is 0 Å². The van der Waals surface area contributed by atoms with E-state index in [9.17, 15) is 9.59 Å². The first kappa shape index (κ1) is 20.8. The summed E-state index contributed by atoms with van der Waals surface area (Å²) in [5, 5.41) is 0. The van der Waals surface area contributed by atoms with Gasteiger partial charge in [0.25, 0.3) is 5.91 Å². The standard InChI is InChI=1S/C22H33N3O3S/c1-2-3-6-23-7-9-24(10-8-23)21(26)17-4-5-19-18(15-17)16-20(29-19)22(27)25-11-13-28-14-12-25/h16-17H,2-15H2,1H3/t17-/m0/s1. The number of nitrogens with zero attached hydrogens (tertiary/aromatic N) is 3. The molecule has 160 valence electrons. The fraction of sp³-hybridized carbons (Fsp3) is 0.727. The number of hydrogen-bond acceptors (Lipinski definition) is 5. The first-order valence-corrected chi connectivity index (χ1v) is 12.0. The Morgan fingerprint density at radius 1 is 1.10 bits per heavy atom. The van der Waals surface area contributed by atoms with E-state index < -0.39 is 0 Å². The molecule has 2 amide bonds. The number of morpholine rings is 1. The summed E-state index contributed by atoms with van der Waals surface area (Å²) in [6.07, 6.45) is 5.08. The summed E-state index contributed by atoms with van der Waals surface area (Å²) in [5.74, 6) is 0.516. The number of rotatable bonds is 5. The molecular weight excluding hydrogens is 386 g/mol. The minimum Gasteiger partial charge on any atom is -0.378 e. The van der Waals surface area contributed by atoms with E-state index in [-0.39, 0.29) is 11.8 Å². The molecular formula is C22H33N3O3S. The number of fused-ring (bicyclic) bond motifs is 1. The van der Waals surface area contributed by atoms with Crippen molar-refractivity contribution in [2.45, 2.75) is 39.0 Å². The second-order valence-electron chi connectivity index (χ2n) is 8.42. The minimum absolute atomic E-state index is 0.0747. The van der Waals surface area contributed by atoms with Gasteiger partial charge >= 0.3 is 0 Å². The Morgan fingerprint density at radius 3 is 2.59 bits per heavy atom. The van der Waals surface area contributed by atoms with Crippen molar-refractivity contribution in [3.63, 3.8) is 0 Å². The third kappa shape index (κ3) is 4.84. The highest BCUT2D eigenvalue weighted by atomic mass is 32.1. The van der Waals surface area contributed by atoms with Gasteiger partial charge in [-0.3, -0.25) is 14.5 Å². The van der Waals surface area contributed by atoms with Crippen molar-refractivity contribution in [2.75, 3.05) is 59.0 Å². The molecule has 2 fully saturated rings. The molecule has 0 unspecified atom stereocenters. The van der Waals surface area contributed by atoms with E-state index in [2.05, 4.69) is 22.8 Å². The quantitative estimate of drug-likeness (QED) is 0.735. The molecule has 2 aliphatic heterocycles. The van der Waals surface area contributed by atoms with Crippen LogP contribution in [0.4, 0.5) is 0 Å². The number of carbonyl (C=O) groups excluding carboxylic acids is 2. The molecule has 3 aliphatic rings. The molecule has 0 bridgehead atoms. The van der Waals surface area contributed by atoms with Crippen LogP contribution in [0.15, 0.2) is 6.07 Å². The van der Waals surface area contributed by atoms with Gasteiger partial charge < -0.3 is 14.5 Å². The molecule has 1 aromatic heterocycles. The predicted octanol–water partition coefficient (Wildman–Crippen LogP) is 2.27. The first-order chi connectivity index (χ1) is 14.2. The smallest absolute Gasteiger partial charge is 0.264 e. The number of unbranched alkanes of at least 4 members (excludes halogenated alkanes) is 1. The maximum Gasteiger partial charge on any atom is 0.264 e. The zero-order valence-electron chi connectivity index (χ0n) is 17.5. The van der Waals surface area contributed by atoms with Crippen LogP contribution >= 0.6 is 11.3 Å². The van der Waals surface area contributed by atoms with Gasteiger partial charge in [0.2, 0.25) is 5.91 Å². The molecule has 7 heteroatoms. The normalized spacial score (nSPS) is 23.1. The third-order valence-corrected chi connectivity index (χ3v) is 7.68. The van der Waals surface area contributed by atoms with Crippen LogP contribution in [0.5, 0.6) is 0 Å². The predicted molar refractivity (Wildman–Crippen MR) is 114 cm³/mol. The third-order valence-electron chi connectivity index (χ3n) is 6.45. The Hall–Kier alpha value is -1.44. The Balaban J connectivity index is 1.33. The first-order valence-electron chi connectivity index (χ1n) is 11.2. The number of ether oxygens (including phenoxy) is 1. The summed E-state index contributed by atoms with van der Waals surface area (Å²) in [6, 6.07) is 2.06. The van der Waals surface area contributed by atoms with E-state index >= 15 is 0 Å². The van der Waals surface area contributed by atoms with Crippen LogP contribution in [0.1, 0.15) is 46.3 Å². The lowest BCUT2D eigenvalue weighted by molar-refractivity contribution is -0.137. The van der Waals surface area contributed by atoms with Crippen molar-refractivity contribution >= 4 is 23.2 Å². The largest absolute Gasteiger partial charge is 0.378 e. The maximum atomic E-state index is 13.1. The summed E-state index contributed by atoms with van der Waals surface area (Å²) in [4.78, 5) is 34.5. The molecule has 0 saturated carbocycles. The van der Waals surface area contributed by atoms with Gasteiger partial charge in [0.05, 0.1) is 18.1 Å². The highest BCUT2D eigenvalue weighted by Gasteiger charge is 2.32. The molecule has 2 saturated heterocycles. The van der Waals surface area contributed by atoms with Crippen LogP contribution in [-0.4, -0.2) is 85.5 Å². The lowest BCUT2D eigenvalue weighted by Gasteiger charge is -2.37. The van der Waals surface area contributed by atoms with Crippen molar-refractivity contribution in [2.24, 2.45) is 5.92 Å². The van der Waals surface area contributed by atoms with Crippen LogP contribution in [0, 0.1) is 5.92 Å². The lowest BCUT2D eigenvalue weighted by atomic mass is 9.87. The Morgan fingerprint density at radius 2 is 1.86 bits per heavy atom. The van der Waals surface area contributed by atoms with E-state index in [0.29, 0.717) is 32.2 Å². The van der Waals surface area contributed by atoms with Crippen LogP contribution in [0.3, 0.4) is 0 Å². The molecule has 6 nitrogen and oxygen atoms in total. The molecule has 1 aromatic rings. The van der Waals surface area contributed by atoms with Crippen molar-refractivity contribution in [3.8, 4) is 0 Å². The molecule has 29 heavy (non-hydrogen) atoms. The average molecular weight is 420 g/mol. The average Bonchev–Trinajstić information content (AvgIpc) is 3.21. The minimum atomic E-state index is 0.0747. The number of aryl methyl sites for hydroxylation is 1. The van der Waals surface area contributed by atoms with Crippen molar-refractivity contribution < 1.29 is 14.3 Å². The molecule has 0 radical (unpaired) electrons. The highest BCUT2D eigenvalue weighted by molar-refractivity contribution is 7.14. The molecule has 4 rings (SSSR count). The fourth-order valence-electron chi connectivity index (χ4n) is 4.59. The van der Waals surface area contributed by atoms with Gasteiger partial charge in [-0.2, -0.15) is 0 Å². The van der Waals surface area contributed by atoms with E-state index in [1.807, 2.05) is 4.90 Å². The van der Waals surface area contributed by atoms with E-state index in [0.717, 1.165) is 56.9 Å². The van der Waals surface area contributed by atoms with E-state index in [1.54, 1.807) is 11.3 Å². The fourth-order valence-corrected chi connectivity index (χ4v) is 5.77. The van der Waals surface area contributed by atoms with Gasteiger partial charge in [-0.05, 0) is 43.9 Å². The van der Waals surface area contributed by atoms with Crippen molar-refractivity contribution in [1.82, 2.24) is 14.7 Å². The molecule has 1 atom stereocenters. The van der Waals surface area contributed by atoms with Crippen LogP contribution in [0.2, 0.25) is 0 Å². The number of hydrogen-bond donors (Lipinski definition) is 0. The monoisotopic (exact) mass is 419 g/mol. The molecule has 0 spiro atoms. The van der Waals surface area contributed by atoms with E-state index in [1.165, 1.54) is 23.3 Å². The van der Waals surface area contributed by atoms with Gasteiger partial charge in [-0.25, -0.2) is 0 Å². The van der Waals surface area contributed by atoms with Gasteiger partial charge in [-0.1, -0.05) is 13.3 Å². The summed E-state index contributed by atoms with van der Waals surface area (Å²) >= 11 is 1.63. The summed E-state index contributed by atoms with van der Waals surface area (Å²) in [6.45, 7) is 9.69. The second-order valence-corrected chi connectivity index (χ2v) is 9.56. The summed E-state index contributed by atoms with van der Waals surface area (Å²) < 4.78 is 5.36. The van der Waals surface area contributed by atoms with Crippen LogP contribution < -0.4 is 0 Å². The molecule has 1 aliphatic carbocycles. The zero-order chi connectivity index (χ0) is 20.2. The molecule has 0 aromatic carbocycles. The topological polar surface area (TPSA) is 53.1 Å². The SMILES string of the molecule is CCCCN1CCN(C(=O)[C@H]2CCc3sc(C(=O)N4CCOCC4)cc3C2)CC1. The van der Waals surface area contributed by atoms with Crippen LogP contribution in [-0.2, 0) is 22.4 Å². The van der Waals surface area contributed by atoms with E-state index in [4.69, 9.17) is 4.74 Å². The maximum absolute atomic E-state index is 13.1. The van der Waals surface area contributed by atoms with Gasteiger partial charge in [0, 0.05) is 50.1 Å².